The molecule has 19 heavy (non-hydrogen) atoms. The highest BCUT2D eigenvalue weighted by molar-refractivity contribution is 7.89. The standard InChI is InChI=1S/C12H24N2O4S/c1-4-11(12(15)18-3)13-10-6-8-14(9-7-10)19(16,17)5-2/h10-11,13H,4-9H2,1-3H3. The van der Waals surface area contributed by atoms with E-state index < -0.39 is 10.0 Å². The Morgan fingerprint density at radius 1 is 1.37 bits per heavy atom. The smallest absolute Gasteiger partial charge is 0.322 e. The summed E-state index contributed by atoms with van der Waals surface area (Å²) in [7, 11) is -1.71. The van der Waals surface area contributed by atoms with E-state index in [1.807, 2.05) is 6.92 Å². The third-order valence-electron chi connectivity index (χ3n) is 3.54. The zero-order chi connectivity index (χ0) is 14.5. The lowest BCUT2D eigenvalue weighted by Gasteiger charge is -2.33. The summed E-state index contributed by atoms with van der Waals surface area (Å²) < 4.78 is 29.7. The molecule has 0 aromatic rings. The second-order valence-corrected chi connectivity index (χ2v) is 6.98. The van der Waals surface area contributed by atoms with Crippen LogP contribution >= 0.6 is 0 Å². The van der Waals surface area contributed by atoms with E-state index in [2.05, 4.69) is 5.32 Å². The van der Waals surface area contributed by atoms with Crippen LogP contribution in [0.25, 0.3) is 0 Å². The monoisotopic (exact) mass is 292 g/mol. The van der Waals surface area contributed by atoms with Crippen LogP contribution in [0, 0.1) is 0 Å². The van der Waals surface area contributed by atoms with Crippen molar-refractivity contribution >= 4 is 16.0 Å². The molecule has 0 saturated carbocycles. The van der Waals surface area contributed by atoms with Crippen molar-refractivity contribution < 1.29 is 17.9 Å². The summed E-state index contributed by atoms with van der Waals surface area (Å²) in [5.74, 6) is -0.115. The Morgan fingerprint density at radius 3 is 2.37 bits per heavy atom. The molecule has 1 rings (SSSR count). The number of hydrogen-bond acceptors (Lipinski definition) is 5. The molecule has 0 aromatic carbocycles. The van der Waals surface area contributed by atoms with Crippen molar-refractivity contribution in [2.75, 3.05) is 26.0 Å². The number of carbonyl (C=O) groups excluding carboxylic acids is 1. The summed E-state index contributed by atoms with van der Waals surface area (Å²) in [6.07, 6.45) is 2.12. The minimum Gasteiger partial charge on any atom is -0.468 e. The van der Waals surface area contributed by atoms with Crippen molar-refractivity contribution in [1.29, 1.82) is 0 Å². The van der Waals surface area contributed by atoms with E-state index in [-0.39, 0.29) is 23.8 Å². The van der Waals surface area contributed by atoms with Crippen LogP contribution in [0.4, 0.5) is 0 Å². The van der Waals surface area contributed by atoms with Gasteiger partial charge in [-0.2, -0.15) is 0 Å². The van der Waals surface area contributed by atoms with E-state index in [0.717, 1.165) is 12.8 Å². The van der Waals surface area contributed by atoms with Crippen molar-refractivity contribution in [3.05, 3.63) is 0 Å². The molecular weight excluding hydrogens is 268 g/mol. The molecule has 1 saturated heterocycles. The quantitative estimate of drug-likeness (QED) is 0.715. The van der Waals surface area contributed by atoms with Gasteiger partial charge < -0.3 is 10.1 Å². The minimum absolute atomic E-state index is 0.144. The third kappa shape index (κ3) is 4.43. The highest BCUT2D eigenvalue weighted by Crippen LogP contribution is 2.15. The van der Waals surface area contributed by atoms with Gasteiger partial charge in [0.2, 0.25) is 10.0 Å². The van der Waals surface area contributed by atoms with Crippen molar-refractivity contribution in [1.82, 2.24) is 9.62 Å². The zero-order valence-corrected chi connectivity index (χ0v) is 12.7. The maximum Gasteiger partial charge on any atom is 0.322 e. The van der Waals surface area contributed by atoms with Crippen LogP contribution in [0.2, 0.25) is 0 Å². The Labute approximate surface area is 115 Å². The molecule has 0 aromatic heterocycles. The molecule has 0 radical (unpaired) electrons. The van der Waals surface area contributed by atoms with Crippen molar-refractivity contribution in [3.8, 4) is 0 Å². The second kappa shape index (κ2) is 7.21. The van der Waals surface area contributed by atoms with Crippen LogP contribution in [0.3, 0.4) is 0 Å². The van der Waals surface area contributed by atoms with Gasteiger partial charge in [-0.1, -0.05) is 6.92 Å². The molecule has 6 nitrogen and oxygen atoms in total. The number of nitrogens with one attached hydrogen (secondary N) is 1. The maximum absolute atomic E-state index is 11.7. The first kappa shape index (κ1) is 16.4. The summed E-state index contributed by atoms with van der Waals surface area (Å²) in [5.41, 5.74) is 0. The number of piperidine rings is 1. The number of esters is 1. The zero-order valence-electron chi connectivity index (χ0n) is 11.9. The Balaban J connectivity index is 2.48. The van der Waals surface area contributed by atoms with Crippen molar-refractivity contribution in [3.63, 3.8) is 0 Å². The first-order chi connectivity index (χ1) is 8.94. The first-order valence-electron chi connectivity index (χ1n) is 6.76. The number of hydrogen-bond donors (Lipinski definition) is 1. The molecule has 1 N–H and O–H groups in total. The highest BCUT2D eigenvalue weighted by atomic mass is 32.2. The molecular formula is C12H24N2O4S. The van der Waals surface area contributed by atoms with Crippen LogP contribution in [-0.2, 0) is 19.6 Å². The summed E-state index contributed by atoms with van der Waals surface area (Å²) >= 11 is 0. The number of ether oxygens (including phenoxy) is 1. The molecule has 1 unspecified atom stereocenters. The fourth-order valence-corrected chi connectivity index (χ4v) is 3.39. The van der Waals surface area contributed by atoms with Crippen LogP contribution in [0.1, 0.15) is 33.1 Å². The van der Waals surface area contributed by atoms with E-state index >= 15 is 0 Å². The van der Waals surface area contributed by atoms with E-state index in [1.54, 1.807) is 6.92 Å². The molecule has 0 aliphatic carbocycles. The van der Waals surface area contributed by atoms with Gasteiger partial charge in [-0.05, 0) is 26.2 Å². The van der Waals surface area contributed by atoms with Crippen LogP contribution in [-0.4, -0.2) is 56.7 Å². The number of carbonyl (C=O) groups is 1. The second-order valence-electron chi connectivity index (χ2n) is 4.72. The summed E-state index contributed by atoms with van der Waals surface area (Å²) in [6.45, 7) is 4.62. The van der Waals surface area contributed by atoms with Crippen LogP contribution in [0.5, 0.6) is 0 Å². The average molecular weight is 292 g/mol. The molecule has 1 aliphatic rings. The topological polar surface area (TPSA) is 75.7 Å². The van der Waals surface area contributed by atoms with Gasteiger partial charge >= 0.3 is 5.97 Å². The van der Waals surface area contributed by atoms with Gasteiger partial charge in [0.1, 0.15) is 6.04 Å². The molecule has 0 amide bonds. The van der Waals surface area contributed by atoms with E-state index in [9.17, 15) is 13.2 Å². The summed E-state index contributed by atoms with van der Waals surface area (Å²) in [4.78, 5) is 11.5. The predicted octanol–water partition coefficient (Wildman–Crippen LogP) is 0.342. The fraction of sp³-hybridized carbons (Fsp3) is 0.917. The minimum atomic E-state index is -3.09. The van der Waals surface area contributed by atoms with Gasteiger partial charge in [0, 0.05) is 19.1 Å². The molecule has 7 heteroatoms. The molecule has 1 heterocycles. The van der Waals surface area contributed by atoms with Crippen LogP contribution < -0.4 is 5.32 Å². The number of nitrogens with zero attached hydrogens (tertiary/aromatic N) is 1. The lowest BCUT2D eigenvalue weighted by atomic mass is 10.0. The molecule has 1 atom stereocenters. The third-order valence-corrected chi connectivity index (χ3v) is 5.42. The van der Waals surface area contributed by atoms with Crippen molar-refractivity contribution in [2.24, 2.45) is 0 Å². The lowest BCUT2D eigenvalue weighted by Crippen LogP contribution is -2.50. The van der Waals surface area contributed by atoms with Gasteiger partial charge in [0.25, 0.3) is 0 Å². The molecule has 0 bridgehead atoms. The Kier molecular flexibility index (Phi) is 6.22. The first-order valence-corrected chi connectivity index (χ1v) is 8.37. The fourth-order valence-electron chi connectivity index (χ4n) is 2.26. The number of sulfonamides is 1. The van der Waals surface area contributed by atoms with E-state index in [4.69, 9.17) is 4.74 Å². The van der Waals surface area contributed by atoms with Gasteiger partial charge in [0.05, 0.1) is 12.9 Å². The number of methoxy groups -OCH3 is 1. The van der Waals surface area contributed by atoms with Gasteiger partial charge in [-0.3, -0.25) is 4.79 Å². The maximum atomic E-state index is 11.7. The van der Waals surface area contributed by atoms with Gasteiger partial charge in [-0.15, -0.1) is 0 Å². The molecule has 1 fully saturated rings. The summed E-state index contributed by atoms with van der Waals surface area (Å²) in [6, 6.07) is -0.128. The van der Waals surface area contributed by atoms with Crippen LogP contribution in [0.15, 0.2) is 0 Å². The average Bonchev–Trinajstić information content (AvgIpc) is 2.44. The lowest BCUT2D eigenvalue weighted by molar-refractivity contribution is -0.143. The SMILES string of the molecule is CCC(NC1CCN(S(=O)(=O)CC)CC1)C(=O)OC. The normalized spacial score (nSPS) is 20.2. The molecule has 0 spiro atoms. The van der Waals surface area contributed by atoms with E-state index in [1.165, 1.54) is 11.4 Å². The molecule has 1 aliphatic heterocycles. The van der Waals surface area contributed by atoms with E-state index in [0.29, 0.717) is 19.5 Å². The molecule has 112 valence electrons. The summed E-state index contributed by atoms with van der Waals surface area (Å²) in [5, 5.41) is 3.25. The van der Waals surface area contributed by atoms with Gasteiger partial charge in [-0.25, -0.2) is 12.7 Å². The largest absolute Gasteiger partial charge is 0.468 e. The predicted molar refractivity (Wildman–Crippen MR) is 73.3 cm³/mol. The Bertz CT molecular complexity index is 389. The van der Waals surface area contributed by atoms with Crippen molar-refractivity contribution in [2.45, 2.75) is 45.2 Å². The number of rotatable bonds is 6. The Hall–Kier alpha value is -0.660. The Morgan fingerprint density at radius 2 is 1.95 bits per heavy atom. The highest BCUT2D eigenvalue weighted by Gasteiger charge is 2.29. The van der Waals surface area contributed by atoms with Gasteiger partial charge in [0.15, 0.2) is 0 Å².